The molecule has 8 heteroatoms. The van der Waals surface area contributed by atoms with E-state index < -0.39 is 10.0 Å². The van der Waals surface area contributed by atoms with Crippen molar-refractivity contribution < 1.29 is 17.9 Å². The Morgan fingerprint density at radius 3 is 2.54 bits per heavy atom. The van der Waals surface area contributed by atoms with Gasteiger partial charge in [-0.3, -0.25) is 9.52 Å². The maximum atomic E-state index is 12.4. The number of amides is 1. The van der Waals surface area contributed by atoms with Crippen LogP contribution in [-0.2, 0) is 14.8 Å². The topological polar surface area (TPSA) is 84.5 Å². The predicted octanol–water partition coefficient (Wildman–Crippen LogP) is 3.13. The first kappa shape index (κ1) is 19.8. The van der Waals surface area contributed by atoms with Gasteiger partial charge in [0.2, 0.25) is 0 Å². The van der Waals surface area contributed by atoms with Crippen LogP contribution < -0.4 is 14.8 Å². The molecule has 0 aliphatic heterocycles. The van der Waals surface area contributed by atoms with Crippen LogP contribution in [-0.4, -0.2) is 27.5 Å². The van der Waals surface area contributed by atoms with Crippen molar-refractivity contribution in [1.82, 2.24) is 5.32 Å². The number of benzene rings is 2. The number of anilines is 1. The van der Waals surface area contributed by atoms with Gasteiger partial charge in [0.15, 0.2) is 6.61 Å². The molecule has 0 radical (unpaired) electrons. The molecule has 0 saturated carbocycles. The summed E-state index contributed by atoms with van der Waals surface area (Å²) in [5.41, 5.74) is 1.23. The highest BCUT2D eigenvalue weighted by atomic mass is 35.5. The first-order valence-electron chi connectivity index (χ1n) is 7.71. The molecule has 0 bridgehead atoms. The molecule has 0 fully saturated rings. The summed E-state index contributed by atoms with van der Waals surface area (Å²) in [6, 6.07) is 10.7. The molecule has 2 rings (SSSR count). The summed E-state index contributed by atoms with van der Waals surface area (Å²) in [5.74, 6) is 0.0931. The zero-order chi connectivity index (χ0) is 19.2. The third-order valence-corrected chi connectivity index (χ3v) is 5.18. The number of hydrogen-bond acceptors (Lipinski definition) is 4. The molecule has 2 N–H and O–H groups in total. The number of hydrogen-bond donors (Lipinski definition) is 2. The lowest BCUT2D eigenvalue weighted by Gasteiger charge is -2.10. The van der Waals surface area contributed by atoms with Gasteiger partial charge in [0.25, 0.3) is 15.9 Å². The largest absolute Gasteiger partial charge is 0.484 e. The maximum absolute atomic E-state index is 12.4. The van der Waals surface area contributed by atoms with Crippen LogP contribution in [0.2, 0.25) is 5.02 Å². The van der Waals surface area contributed by atoms with Crippen molar-refractivity contribution in [2.75, 3.05) is 17.9 Å². The van der Waals surface area contributed by atoms with E-state index in [1.165, 1.54) is 24.3 Å². The SMILES string of the molecule is C=CCNC(=O)COc1ccc(S(=O)(=O)Nc2ccc(C)c(Cl)c2)cc1. The average molecular weight is 395 g/mol. The molecule has 0 aliphatic carbocycles. The summed E-state index contributed by atoms with van der Waals surface area (Å²) < 4.78 is 32.6. The average Bonchev–Trinajstić information content (AvgIpc) is 2.61. The van der Waals surface area contributed by atoms with Gasteiger partial charge in [-0.05, 0) is 48.9 Å². The quantitative estimate of drug-likeness (QED) is 0.673. The van der Waals surface area contributed by atoms with Gasteiger partial charge in [0.1, 0.15) is 5.75 Å². The molecular formula is C18H19ClN2O4S. The van der Waals surface area contributed by atoms with Crippen LogP contribution in [0.15, 0.2) is 60.0 Å². The molecule has 138 valence electrons. The third-order valence-electron chi connectivity index (χ3n) is 3.37. The van der Waals surface area contributed by atoms with Crippen LogP contribution in [0.5, 0.6) is 5.75 Å². The van der Waals surface area contributed by atoms with Crippen molar-refractivity contribution >= 4 is 33.2 Å². The van der Waals surface area contributed by atoms with Gasteiger partial charge < -0.3 is 10.1 Å². The Hall–Kier alpha value is -2.51. The van der Waals surface area contributed by atoms with E-state index >= 15 is 0 Å². The monoisotopic (exact) mass is 394 g/mol. The second kappa shape index (κ2) is 8.73. The van der Waals surface area contributed by atoms with E-state index in [1.807, 2.05) is 6.92 Å². The zero-order valence-corrected chi connectivity index (χ0v) is 15.7. The number of nitrogens with one attached hydrogen (secondary N) is 2. The number of halogens is 1. The summed E-state index contributed by atoms with van der Waals surface area (Å²) in [6.45, 7) is 5.52. The lowest BCUT2D eigenvalue weighted by molar-refractivity contribution is -0.122. The minimum atomic E-state index is -3.76. The summed E-state index contributed by atoms with van der Waals surface area (Å²) >= 11 is 6.01. The molecule has 2 aromatic carbocycles. The molecule has 2 aromatic rings. The highest BCUT2D eigenvalue weighted by molar-refractivity contribution is 7.92. The molecule has 0 atom stereocenters. The number of carbonyl (C=O) groups excluding carboxylic acids is 1. The number of rotatable bonds is 8. The highest BCUT2D eigenvalue weighted by Gasteiger charge is 2.15. The maximum Gasteiger partial charge on any atom is 0.261 e. The van der Waals surface area contributed by atoms with Gasteiger partial charge >= 0.3 is 0 Å². The van der Waals surface area contributed by atoms with Crippen LogP contribution in [0.25, 0.3) is 0 Å². The van der Waals surface area contributed by atoms with Gasteiger partial charge in [-0.15, -0.1) is 6.58 Å². The summed E-state index contributed by atoms with van der Waals surface area (Å²) in [7, 11) is -3.76. The fourth-order valence-corrected chi connectivity index (χ4v) is 3.20. The molecule has 0 heterocycles. The molecule has 0 aromatic heterocycles. The van der Waals surface area contributed by atoms with E-state index in [-0.39, 0.29) is 17.4 Å². The zero-order valence-electron chi connectivity index (χ0n) is 14.2. The standard InChI is InChI=1S/C18H19ClN2O4S/c1-3-10-20-18(22)12-25-15-6-8-16(9-7-15)26(23,24)21-14-5-4-13(2)17(19)11-14/h3-9,11,21H,1,10,12H2,2H3,(H,20,22). The molecular weight excluding hydrogens is 376 g/mol. The highest BCUT2D eigenvalue weighted by Crippen LogP contribution is 2.23. The molecule has 6 nitrogen and oxygen atoms in total. The fraction of sp³-hybridized carbons (Fsp3) is 0.167. The van der Waals surface area contributed by atoms with E-state index in [2.05, 4.69) is 16.6 Å². The Kier molecular flexibility index (Phi) is 6.65. The summed E-state index contributed by atoms with van der Waals surface area (Å²) in [6.07, 6.45) is 1.56. The van der Waals surface area contributed by atoms with Crippen LogP contribution in [0.4, 0.5) is 5.69 Å². The smallest absolute Gasteiger partial charge is 0.261 e. The number of sulfonamides is 1. The predicted molar refractivity (Wildman–Crippen MR) is 102 cm³/mol. The lowest BCUT2D eigenvalue weighted by atomic mass is 10.2. The fourth-order valence-electron chi connectivity index (χ4n) is 1.97. The van der Waals surface area contributed by atoms with Crippen molar-refractivity contribution in [2.24, 2.45) is 0 Å². The number of ether oxygens (including phenoxy) is 1. The Bertz CT molecular complexity index is 896. The van der Waals surface area contributed by atoms with Gasteiger partial charge in [0, 0.05) is 11.6 Å². The Labute approximate surface area is 157 Å². The van der Waals surface area contributed by atoms with Crippen LogP contribution in [0.3, 0.4) is 0 Å². The van der Waals surface area contributed by atoms with Crippen molar-refractivity contribution in [3.8, 4) is 5.75 Å². The molecule has 26 heavy (non-hydrogen) atoms. The number of carbonyl (C=O) groups is 1. The Morgan fingerprint density at radius 2 is 1.92 bits per heavy atom. The second-order valence-electron chi connectivity index (χ2n) is 5.42. The van der Waals surface area contributed by atoms with Crippen molar-refractivity contribution in [3.05, 3.63) is 65.7 Å². The minimum Gasteiger partial charge on any atom is -0.484 e. The molecule has 1 amide bonds. The normalized spacial score (nSPS) is 10.8. The minimum absolute atomic E-state index is 0.0673. The van der Waals surface area contributed by atoms with Gasteiger partial charge in [-0.2, -0.15) is 0 Å². The van der Waals surface area contributed by atoms with Crippen molar-refractivity contribution in [3.63, 3.8) is 0 Å². The lowest BCUT2D eigenvalue weighted by Crippen LogP contribution is -2.28. The summed E-state index contributed by atoms with van der Waals surface area (Å²) in [5, 5.41) is 3.05. The molecule has 0 spiro atoms. The molecule has 0 saturated heterocycles. The van der Waals surface area contributed by atoms with Crippen molar-refractivity contribution in [1.29, 1.82) is 0 Å². The van der Waals surface area contributed by atoms with Gasteiger partial charge in [-0.1, -0.05) is 23.7 Å². The summed E-state index contributed by atoms with van der Waals surface area (Å²) in [4.78, 5) is 11.5. The molecule has 0 aliphatic rings. The van der Waals surface area contributed by atoms with E-state index in [1.54, 1.807) is 24.3 Å². The van der Waals surface area contributed by atoms with Crippen LogP contribution >= 0.6 is 11.6 Å². The first-order chi connectivity index (χ1) is 12.3. The van der Waals surface area contributed by atoms with Gasteiger partial charge in [0.05, 0.1) is 10.6 Å². The van der Waals surface area contributed by atoms with E-state index in [9.17, 15) is 13.2 Å². The Balaban J connectivity index is 2.02. The van der Waals surface area contributed by atoms with Gasteiger partial charge in [-0.25, -0.2) is 8.42 Å². The van der Waals surface area contributed by atoms with Crippen molar-refractivity contribution in [2.45, 2.75) is 11.8 Å². The number of aryl methyl sites for hydroxylation is 1. The van der Waals surface area contributed by atoms with Crippen LogP contribution in [0, 0.1) is 6.92 Å². The van der Waals surface area contributed by atoms with Crippen LogP contribution in [0.1, 0.15) is 5.56 Å². The van der Waals surface area contributed by atoms with E-state index in [0.717, 1.165) is 5.56 Å². The Morgan fingerprint density at radius 1 is 1.23 bits per heavy atom. The first-order valence-corrected chi connectivity index (χ1v) is 9.57. The second-order valence-corrected chi connectivity index (χ2v) is 7.51. The van der Waals surface area contributed by atoms with E-state index in [4.69, 9.17) is 16.3 Å². The third kappa shape index (κ3) is 5.50. The molecule has 0 unspecified atom stereocenters. The van der Waals surface area contributed by atoms with E-state index in [0.29, 0.717) is 23.0 Å².